The van der Waals surface area contributed by atoms with E-state index in [1.54, 1.807) is 0 Å². The molecular formula is C10H24NO2S+. The van der Waals surface area contributed by atoms with Gasteiger partial charge in [0.05, 0.1) is 0 Å². The van der Waals surface area contributed by atoms with E-state index in [4.69, 9.17) is 9.68 Å². The average molecular weight is 222 g/mol. The summed E-state index contributed by atoms with van der Waals surface area (Å²) in [4.78, 5) is 11.3. The molecular weight excluding hydrogens is 198 g/mol. The highest BCUT2D eigenvalue weighted by atomic mass is 32.1. The molecule has 0 aliphatic carbocycles. The van der Waals surface area contributed by atoms with Gasteiger partial charge in [-0.3, -0.25) is 0 Å². The van der Waals surface area contributed by atoms with Crippen LogP contribution in [0.4, 0.5) is 0 Å². The molecule has 0 bridgehead atoms. The number of quaternary nitrogens is 1. The minimum Gasteiger partial charge on any atom is -0.176 e. The second-order valence-electron chi connectivity index (χ2n) is 3.42. The summed E-state index contributed by atoms with van der Waals surface area (Å²) in [5.41, 5.74) is 0. The van der Waals surface area contributed by atoms with Gasteiger partial charge in [-0.1, -0.05) is 6.92 Å². The van der Waals surface area contributed by atoms with Gasteiger partial charge in [0, 0.05) is 11.7 Å². The van der Waals surface area contributed by atoms with Crippen LogP contribution in [0.2, 0.25) is 0 Å². The van der Waals surface area contributed by atoms with E-state index >= 15 is 0 Å². The summed E-state index contributed by atoms with van der Waals surface area (Å²) < 4.78 is 0. The van der Waals surface area contributed by atoms with Gasteiger partial charge in [0.25, 0.3) is 0 Å². The first-order valence-corrected chi connectivity index (χ1v) is 5.92. The van der Waals surface area contributed by atoms with Crippen LogP contribution in [0, 0.1) is 0 Å². The zero-order valence-corrected chi connectivity index (χ0v) is 10.7. The lowest BCUT2D eigenvalue weighted by Crippen LogP contribution is -2.45. The minimum absolute atomic E-state index is 0.240. The molecule has 0 heterocycles. The van der Waals surface area contributed by atoms with Crippen molar-refractivity contribution in [3.8, 4) is 0 Å². The van der Waals surface area contributed by atoms with E-state index in [1.807, 2.05) is 20.9 Å². The molecule has 0 saturated carbocycles. The third-order valence-electron chi connectivity index (χ3n) is 2.14. The van der Waals surface area contributed by atoms with Crippen molar-refractivity contribution in [2.75, 3.05) is 26.8 Å². The van der Waals surface area contributed by atoms with E-state index < -0.39 is 0 Å². The SMILES string of the molecule is CCO[N+](C)(CCC(S)CC)OCC. The number of rotatable bonds is 8. The molecule has 0 aromatic rings. The van der Waals surface area contributed by atoms with Gasteiger partial charge in [0.2, 0.25) is 0 Å². The lowest BCUT2D eigenvalue weighted by molar-refractivity contribution is -1.23. The van der Waals surface area contributed by atoms with Gasteiger partial charge in [-0.15, -0.1) is 0 Å². The standard InChI is InChI=1S/C10H23NO2S/c1-5-10(14)8-9-11(4,12-6-2)13-7-3/h10H,5-9H2,1-4H3/p+1. The van der Waals surface area contributed by atoms with Gasteiger partial charge in [-0.2, -0.15) is 22.3 Å². The number of hydroxylamine groups is 4. The maximum Gasteiger partial charge on any atom is 0.143 e. The van der Waals surface area contributed by atoms with Gasteiger partial charge >= 0.3 is 0 Å². The fraction of sp³-hybridized carbons (Fsp3) is 1.00. The first-order chi connectivity index (χ1) is 6.58. The molecule has 1 atom stereocenters. The molecule has 0 radical (unpaired) electrons. The van der Waals surface area contributed by atoms with Gasteiger partial charge in [0.1, 0.15) is 26.8 Å². The molecule has 0 spiro atoms. The van der Waals surface area contributed by atoms with Gasteiger partial charge in [-0.05, 0) is 25.1 Å². The Balaban J connectivity index is 3.94. The van der Waals surface area contributed by atoms with Crippen LogP contribution in [0.5, 0.6) is 0 Å². The van der Waals surface area contributed by atoms with E-state index in [0.717, 1.165) is 19.4 Å². The molecule has 0 N–H and O–H groups in total. The van der Waals surface area contributed by atoms with Crippen LogP contribution >= 0.6 is 12.6 Å². The molecule has 14 heavy (non-hydrogen) atoms. The molecule has 0 saturated heterocycles. The van der Waals surface area contributed by atoms with Gasteiger partial charge in [-0.25, -0.2) is 0 Å². The van der Waals surface area contributed by atoms with Crippen molar-refractivity contribution < 1.29 is 14.5 Å². The van der Waals surface area contributed by atoms with Crippen molar-refractivity contribution in [2.24, 2.45) is 0 Å². The number of thiol groups is 1. The van der Waals surface area contributed by atoms with Crippen LogP contribution in [-0.4, -0.2) is 36.9 Å². The number of hydrogen-bond acceptors (Lipinski definition) is 3. The molecule has 0 fully saturated rings. The quantitative estimate of drug-likeness (QED) is 0.386. The molecule has 0 aromatic heterocycles. The van der Waals surface area contributed by atoms with E-state index in [2.05, 4.69) is 19.6 Å². The summed E-state index contributed by atoms with van der Waals surface area (Å²) in [7, 11) is 1.95. The Hall–Kier alpha value is 0.230. The summed E-state index contributed by atoms with van der Waals surface area (Å²) in [6.07, 6.45) is 2.09. The second kappa shape index (κ2) is 7.51. The Bertz CT molecular complexity index is 138. The second-order valence-corrected chi connectivity index (χ2v) is 4.15. The summed E-state index contributed by atoms with van der Waals surface area (Å²) in [5.74, 6) is 0. The van der Waals surface area contributed by atoms with E-state index in [-0.39, 0.29) is 4.81 Å². The summed E-state index contributed by atoms with van der Waals surface area (Å²) in [6, 6.07) is 0. The monoisotopic (exact) mass is 222 g/mol. The predicted octanol–water partition coefficient (Wildman–Crippen LogP) is 2.43. The Morgan fingerprint density at radius 3 is 2.00 bits per heavy atom. The lowest BCUT2D eigenvalue weighted by atomic mass is 10.2. The van der Waals surface area contributed by atoms with Gasteiger partial charge in [0.15, 0.2) is 0 Å². The van der Waals surface area contributed by atoms with E-state index in [1.165, 1.54) is 0 Å². The van der Waals surface area contributed by atoms with Crippen LogP contribution in [0.1, 0.15) is 33.6 Å². The summed E-state index contributed by atoms with van der Waals surface area (Å²) >= 11 is 4.46. The molecule has 3 nitrogen and oxygen atoms in total. The third-order valence-corrected chi connectivity index (χ3v) is 2.77. The van der Waals surface area contributed by atoms with Crippen LogP contribution in [0.3, 0.4) is 0 Å². The molecule has 4 heteroatoms. The Morgan fingerprint density at radius 1 is 1.14 bits per heavy atom. The van der Waals surface area contributed by atoms with Crippen molar-refractivity contribution in [1.29, 1.82) is 0 Å². The average Bonchev–Trinajstić information content (AvgIpc) is 2.15. The van der Waals surface area contributed by atoms with Crippen molar-refractivity contribution in [3.05, 3.63) is 0 Å². The minimum atomic E-state index is 0.240. The molecule has 0 rings (SSSR count). The van der Waals surface area contributed by atoms with Crippen molar-refractivity contribution in [3.63, 3.8) is 0 Å². The third kappa shape index (κ3) is 5.86. The predicted molar refractivity (Wildman–Crippen MR) is 62.0 cm³/mol. The maximum absolute atomic E-state index is 5.55. The zero-order chi connectivity index (χ0) is 11.0. The number of nitrogens with zero attached hydrogens (tertiary/aromatic N) is 1. The van der Waals surface area contributed by atoms with Crippen molar-refractivity contribution in [2.45, 2.75) is 38.9 Å². The smallest absolute Gasteiger partial charge is 0.143 e. The highest BCUT2D eigenvalue weighted by Gasteiger charge is 2.25. The highest BCUT2D eigenvalue weighted by molar-refractivity contribution is 7.80. The Kier molecular flexibility index (Phi) is 7.64. The van der Waals surface area contributed by atoms with Gasteiger partial charge < -0.3 is 0 Å². The summed E-state index contributed by atoms with van der Waals surface area (Å²) in [6.45, 7) is 8.29. The van der Waals surface area contributed by atoms with Crippen LogP contribution in [-0.2, 0) is 9.68 Å². The number of hydrogen-bond donors (Lipinski definition) is 1. The molecule has 86 valence electrons. The topological polar surface area (TPSA) is 18.5 Å². The van der Waals surface area contributed by atoms with E-state index in [9.17, 15) is 0 Å². The largest absolute Gasteiger partial charge is 0.176 e. The molecule has 0 aliphatic rings. The molecule has 0 aliphatic heterocycles. The maximum atomic E-state index is 5.55. The van der Waals surface area contributed by atoms with Crippen molar-refractivity contribution in [1.82, 2.24) is 0 Å². The van der Waals surface area contributed by atoms with Crippen LogP contribution < -0.4 is 0 Å². The first kappa shape index (κ1) is 14.2. The van der Waals surface area contributed by atoms with Crippen LogP contribution in [0.25, 0.3) is 0 Å². The Labute approximate surface area is 93.3 Å². The zero-order valence-electron chi connectivity index (χ0n) is 9.82. The molecule has 0 amide bonds. The fourth-order valence-electron chi connectivity index (χ4n) is 1.30. The molecule has 1 unspecified atom stereocenters. The normalized spacial score (nSPS) is 14.4. The van der Waals surface area contributed by atoms with Crippen LogP contribution in [0.15, 0.2) is 0 Å². The molecule has 0 aromatic carbocycles. The first-order valence-electron chi connectivity index (χ1n) is 5.40. The van der Waals surface area contributed by atoms with E-state index in [0.29, 0.717) is 18.5 Å². The lowest BCUT2D eigenvalue weighted by Gasteiger charge is -2.28. The Morgan fingerprint density at radius 2 is 1.64 bits per heavy atom. The summed E-state index contributed by atoms with van der Waals surface area (Å²) in [5, 5.41) is 0.438. The highest BCUT2D eigenvalue weighted by Crippen LogP contribution is 2.13. The van der Waals surface area contributed by atoms with Crippen molar-refractivity contribution >= 4 is 12.6 Å². The fourth-order valence-corrected chi connectivity index (χ4v) is 1.42.